The van der Waals surface area contributed by atoms with Gasteiger partial charge in [0.25, 0.3) is 5.91 Å². The van der Waals surface area contributed by atoms with E-state index in [1.54, 1.807) is 24.3 Å². The van der Waals surface area contributed by atoms with Gasteiger partial charge in [0.2, 0.25) is 5.91 Å². The van der Waals surface area contributed by atoms with Crippen molar-refractivity contribution in [1.82, 2.24) is 0 Å². The Hall–Kier alpha value is -4.66. The van der Waals surface area contributed by atoms with E-state index in [1.807, 2.05) is 32.0 Å². The highest BCUT2D eigenvalue weighted by Crippen LogP contribution is 2.25. The summed E-state index contributed by atoms with van der Waals surface area (Å²) in [6, 6.07) is 19.0. The minimum atomic E-state index is -0.582. The van der Waals surface area contributed by atoms with E-state index < -0.39 is 24.5 Å². The molecule has 0 fully saturated rings. The van der Waals surface area contributed by atoms with Crippen molar-refractivity contribution < 1.29 is 33.4 Å². The lowest BCUT2D eigenvalue weighted by atomic mass is 10.1. The first-order chi connectivity index (χ1) is 18.2. The number of nitrogens with one attached hydrogen (secondary N) is 2. The zero-order chi connectivity index (χ0) is 27.5. The van der Waals surface area contributed by atoms with Crippen LogP contribution in [0.4, 0.5) is 11.4 Å². The predicted molar refractivity (Wildman–Crippen MR) is 142 cm³/mol. The van der Waals surface area contributed by atoms with E-state index in [9.17, 15) is 19.2 Å². The molecule has 9 heteroatoms. The number of methoxy groups -OCH3 is 1. The molecule has 9 nitrogen and oxygen atoms in total. The molecule has 0 spiro atoms. The summed E-state index contributed by atoms with van der Waals surface area (Å²) in [6.07, 6.45) is 0.390. The summed E-state index contributed by atoms with van der Waals surface area (Å²) in [5.41, 5.74) is 3.74. The Balaban J connectivity index is 1.33. The number of aryl methyl sites for hydroxylation is 2. The molecule has 0 atom stereocenters. The van der Waals surface area contributed by atoms with Gasteiger partial charge in [-0.05, 0) is 92.1 Å². The van der Waals surface area contributed by atoms with Gasteiger partial charge in [-0.3, -0.25) is 14.4 Å². The number of hydrogen-bond acceptors (Lipinski definition) is 7. The minimum Gasteiger partial charge on any atom is -0.465 e. The lowest BCUT2D eigenvalue weighted by Crippen LogP contribution is -2.21. The summed E-state index contributed by atoms with van der Waals surface area (Å²) in [6.45, 7) is 3.60. The van der Waals surface area contributed by atoms with Crippen LogP contribution in [0.3, 0.4) is 0 Å². The van der Waals surface area contributed by atoms with Crippen LogP contribution in [0.5, 0.6) is 11.5 Å². The monoisotopic (exact) mass is 518 g/mol. The van der Waals surface area contributed by atoms with Gasteiger partial charge < -0.3 is 24.8 Å². The molecule has 0 aromatic heterocycles. The number of amides is 2. The van der Waals surface area contributed by atoms with Crippen LogP contribution in [-0.4, -0.2) is 37.5 Å². The van der Waals surface area contributed by atoms with E-state index in [2.05, 4.69) is 15.4 Å². The number of rotatable bonds is 11. The van der Waals surface area contributed by atoms with Gasteiger partial charge in [0.05, 0.1) is 12.7 Å². The SMILES string of the molecule is COC(=O)c1ccc(NC(=O)COC(=O)CCCC(=O)Nc2ccc(Oc3ccc(C)c(C)c3)cc2)cc1. The molecule has 38 heavy (non-hydrogen) atoms. The molecule has 0 bridgehead atoms. The molecule has 198 valence electrons. The van der Waals surface area contributed by atoms with Crippen LogP contribution in [-0.2, 0) is 23.9 Å². The third-order valence-corrected chi connectivity index (χ3v) is 5.59. The second-order valence-corrected chi connectivity index (χ2v) is 8.55. The Morgan fingerprint density at radius 1 is 0.711 bits per heavy atom. The van der Waals surface area contributed by atoms with Gasteiger partial charge in [0.15, 0.2) is 6.61 Å². The van der Waals surface area contributed by atoms with Crippen molar-refractivity contribution in [2.75, 3.05) is 24.4 Å². The molecular weight excluding hydrogens is 488 g/mol. The first-order valence-electron chi connectivity index (χ1n) is 12.0. The molecular formula is C29H30N2O7. The fourth-order valence-electron chi connectivity index (χ4n) is 3.36. The van der Waals surface area contributed by atoms with Crippen LogP contribution in [0, 0.1) is 13.8 Å². The molecule has 0 saturated heterocycles. The molecule has 0 saturated carbocycles. The van der Waals surface area contributed by atoms with Crippen LogP contribution >= 0.6 is 0 Å². The molecule has 0 heterocycles. The number of benzene rings is 3. The van der Waals surface area contributed by atoms with E-state index >= 15 is 0 Å². The number of esters is 2. The lowest BCUT2D eigenvalue weighted by molar-refractivity contribution is -0.147. The van der Waals surface area contributed by atoms with Crippen LogP contribution in [0.25, 0.3) is 0 Å². The summed E-state index contributed by atoms with van der Waals surface area (Å²) in [5.74, 6) is -0.441. The minimum absolute atomic E-state index is 0.00271. The Kier molecular flexibility index (Phi) is 9.99. The highest BCUT2D eigenvalue weighted by molar-refractivity contribution is 5.94. The van der Waals surface area contributed by atoms with Gasteiger partial charge >= 0.3 is 11.9 Å². The van der Waals surface area contributed by atoms with E-state index in [4.69, 9.17) is 9.47 Å². The number of carbonyl (C=O) groups excluding carboxylic acids is 4. The molecule has 0 aliphatic rings. The van der Waals surface area contributed by atoms with Crippen molar-refractivity contribution in [3.63, 3.8) is 0 Å². The molecule has 2 N–H and O–H groups in total. The van der Waals surface area contributed by atoms with Crippen LogP contribution < -0.4 is 15.4 Å². The summed E-state index contributed by atoms with van der Waals surface area (Å²) in [7, 11) is 1.28. The maximum atomic E-state index is 12.2. The molecule has 3 aromatic rings. The molecule has 0 radical (unpaired) electrons. The fraction of sp³-hybridized carbons (Fsp3) is 0.241. The second kappa shape index (κ2) is 13.6. The van der Waals surface area contributed by atoms with Gasteiger partial charge in [-0.15, -0.1) is 0 Å². The molecule has 2 amide bonds. The van der Waals surface area contributed by atoms with Gasteiger partial charge in [-0.25, -0.2) is 4.79 Å². The van der Waals surface area contributed by atoms with Gasteiger partial charge in [0, 0.05) is 24.2 Å². The van der Waals surface area contributed by atoms with Crippen molar-refractivity contribution in [3.05, 3.63) is 83.4 Å². The maximum Gasteiger partial charge on any atom is 0.337 e. The number of ether oxygens (including phenoxy) is 3. The van der Waals surface area contributed by atoms with Gasteiger partial charge in [-0.1, -0.05) is 6.07 Å². The summed E-state index contributed by atoms with van der Waals surface area (Å²) in [4.78, 5) is 47.5. The molecule has 0 unspecified atom stereocenters. The van der Waals surface area contributed by atoms with Crippen LogP contribution in [0.15, 0.2) is 66.7 Å². The van der Waals surface area contributed by atoms with Crippen molar-refractivity contribution in [2.45, 2.75) is 33.1 Å². The lowest BCUT2D eigenvalue weighted by Gasteiger charge is -2.10. The third kappa shape index (κ3) is 8.77. The van der Waals surface area contributed by atoms with Crippen molar-refractivity contribution in [2.24, 2.45) is 0 Å². The van der Waals surface area contributed by atoms with E-state index in [0.29, 0.717) is 22.7 Å². The first-order valence-corrected chi connectivity index (χ1v) is 12.0. The Morgan fingerprint density at radius 2 is 1.32 bits per heavy atom. The normalized spacial score (nSPS) is 10.3. The summed E-state index contributed by atoms with van der Waals surface area (Å²) in [5, 5.41) is 5.34. The van der Waals surface area contributed by atoms with Crippen LogP contribution in [0.2, 0.25) is 0 Å². The Bertz CT molecular complexity index is 1290. The van der Waals surface area contributed by atoms with E-state index in [0.717, 1.165) is 11.3 Å². The standard InChI is InChI=1S/C29H30N2O7/c1-19-7-14-25(17-20(19)2)38-24-15-12-23(13-16-24)30-26(32)5-4-6-28(34)37-18-27(33)31-22-10-8-21(9-11-22)29(35)36-3/h7-17H,4-6,18H2,1-3H3,(H,30,32)(H,31,33). The Labute approximate surface area is 221 Å². The van der Waals surface area contributed by atoms with Crippen molar-refractivity contribution >= 4 is 35.1 Å². The third-order valence-electron chi connectivity index (χ3n) is 5.59. The molecule has 3 rings (SSSR count). The van der Waals surface area contributed by atoms with Crippen molar-refractivity contribution in [3.8, 4) is 11.5 Å². The first kappa shape index (κ1) is 27.9. The second-order valence-electron chi connectivity index (χ2n) is 8.55. The van der Waals surface area contributed by atoms with E-state index in [1.165, 1.54) is 36.9 Å². The highest BCUT2D eigenvalue weighted by Gasteiger charge is 2.11. The quantitative estimate of drug-likeness (QED) is 0.336. The average molecular weight is 519 g/mol. The van der Waals surface area contributed by atoms with Crippen LogP contribution in [0.1, 0.15) is 40.7 Å². The zero-order valence-corrected chi connectivity index (χ0v) is 21.5. The number of hydrogen-bond donors (Lipinski definition) is 2. The zero-order valence-electron chi connectivity index (χ0n) is 21.5. The number of carbonyl (C=O) groups is 4. The Morgan fingerprint density at radius 3 is 1.95 bits per heavy atom. The van der Waals surface area contributed by atoms with Crippen molar-refractivity contribution in [1.29, 1.82) is 0 Å². The fourth-order valence-corrected chi connectivity index (χ4v) is 3.36. The highest BCUT2D eigenvalue weighted by atomic mass is 16.5. The number of anilines is 2. The summed E-state index contributed by atoms with van der Waals surface area (Å²) >= 11 is 0. The maximum absolute atomic E-state index is 12.2. The average Bonchev–Trinajstić information content (AvgIpc) is 2.90. The molecule has 0 aliphatic heterocycles. The van der Waals surface area contributed by atoms with E-state index in [-0.39, 0.29) is 25.2 Å². The van der Waals surface area contributed by atoms with Gasteiger partial charge in [0.1, 0.15) is 11.5 Å². The van der Waals surface area contributed by atoms with Gasteiger partial charge in [-0.2, -0.15) is 0 Å². The smallest absolute Gasteiger partial charge is 0.337 e. The molecule has 0 aliphatic carbocycles. The topological polar surface area (TPSA) is 120 Å². The molecule has 3 aromatic carbocycles. The summed E-state index contributed by atoms with van der Waals surface area (Å²) < 4.78 is 15.4. The largest absolute Gasteiger partial charge is 0.465 e. The predicted octanol–water partition coefficient (Wildman–Crippen LogP) is 5.17.